The maximum atomic E-state index is 15.2. The maximum absolute atomic E-state index is 15.2. The zero-order valence-corrected chi connectivity index (χ0v) is 27.9. The Morgan fingerprint density at radius 3 is 1.94 bits per heavy atom. The summed E-state index contributed by atoms with van der Waals surface area (Å²) in [4.78, 5) is 25.2. The predicted octanol–water partition coefficient (Wildman–Crippen LogP) is 2.41. The molecule has 3 N–H and O–H groups in total. The highest BCUT2D eigenvalue weighted by atomic mass is 32.7. The van der Waals surface area contributed by atoms with Crippen molar-refractivity contribution in [2.75, 3.05) is 31.7 Å². The first-order chi connectivity index (χ1) is 23.2. The Morgan fingerprint density at radius 2 is 1.38 bits per heavy atom. The molecule has 2 saturated heterocycles. The van der Waals surface area contributed by atoms with Gasteiger partial charge in [-0.2, -0.15) is 4.98 Å². The molecule has 0 aromatic carbocycles. The molecule has 48 heavy (non-hydrogen) atoms. The van der Waals surface area contributed by atoms with E-state index in [-0.39, 0.29) is 35.8 Å². The molecular weight excluding hydrogens is 722 g/mol. The first-order valence-corrected chi connectivity index (χ1v) is 18.7. The van der Waals surface area contributed by atoms with Crippen molar-refractivity contribution in [3.05, 3.63) is 37.5 Å². The lowest BCUT2D eigenvalue weighted by Crippen LogP contribution is -2.31. The van der Waals surface area contributed by atoms with Crippen molar-refractivity contribution in [2.24, 2.45) is 0 Å². The predicted molar refractivity (Wildman–Crippen MR) is 168 cm³/mol. The summed E-state index contributed by atoms with van der Waals surface area (Å²) in [6.07, 6.45) is -2.36. The average Bonchev–Trinajstić information content (AvgIpc) is 3.83. The van der Waals surface area contributed by atoms with E-state index >= 15 is 8.78 Å². The number of thiol groups is 2. The second-order valence-corrected chi connectivity index (χ2v) is 13.5. The van der Waals surface area contributed by atoms with E-state index in [1.54, 1.807) is 12.2 Å². The molecule has 0 spiro atoms. The number of aliphatic hydroxyl groups is 2. The lowest BCUT2D eigenvalue weighted by Gasteiger charge is -2.15. The quantitative estimate of drug-likeness (QED) is 0.0710. The van der Waals surface area contributed by atoms with Gasteiger partial charge >= 0.3 is 14.5 Å². The van der Waals surface area contributed by atoms with Crippen molar-refractivity contribution in [3.63, 3.8) is 0 Å². The van der Waals surface area contributed by atoms with E-state index in [1.807, 2.05) is 0 Å². The number of rotatable bonds is 14. The number of nitrogens with zero attached hydrogens (tertiary/aromatic N) is 8. The summed E-state index contributed by atoms with van der Waals surface area (Å²) in [6, 6.07) is 0. The van der Waals surface area contributed by atoms with Crippen LogP contribution in [0.2, 0.25) is 0 Å². The van der Waals surface area contributed by atoms with Gasteiger partial charge in [-0.25, -0.2) is 33.7 Å². The molecule has 0 aliphatic carbocycles. The van der Waals surface area contributed by atoms with E-state index in [9.17, 15) is 19.3 Å². The van der Waals surface area contributed by atoms with Gasteiger partial charge in [0.1, 0.15) is 56.0 Å². The number of ether oxygens (including phenoxy) is 3. The van der Waals surface area contributed by atoms with E-state index in [1.165, 1.54) is 34.4 Å². The molecule has 18 nitrogen and oxygen atoms in total. The van der Waals surface area contributed by atoms with Gasteiger partial charge in [0.05, 0.1) is 25.9 Å². The first-order valence-electron chi connectivity index (χ1n) is 14.0. The number of alkyl halides is 2. The van der Waals surface area contributed by atoms with Crippen LogP contribution < -0.4 is 10.1 Å². The van der Waals surface area contributed by atoms with Gasteiger partial charge in [0.25, 0.3) is 0 Å². The number of fused-ring (bicyclic) bond motifs is 2. The summed E-state index contributed by atoms with van der Waals surface area (Å²) in [7, 11) is -4.88. The largest absolute Gasteiger partial charge is 0.582 e. The zero-order valence-electron chi connectivity index (χ0n) is 24.3. The van der Waals surface area contributed by atoms with Gasteiger partial charge in [-0.05, 0) is 15.2 Å². The van der Waals surface area contributed by atoms with E-state index < -0.39 is 76.9 Å². The number of imidazole rings is 2. The number of aliphatic hydroxyl groups excluding tert-OH is 2. The van der Waals surface area contributed by atoms with Crippen LogP contribution in [0.15, 0.2) is 37.5 Å². The summed E-state index contributed by atoms with van der Waals surface area (Å²) in [5.41, 5.74) is 1.01. The molecule has 0 amide bonds. The standard InChI is InChI=1S/C24H25F2N9O9P2S2/c25-13-17(43-45(38)47)11(5-36)41-23(13)34-9-32-15-19(28-7-29-20(15)34)27-3-1-2-4-40-22-16-21(30-8-31-22)35(10-33-16)24-14(26)18(44-46(39)48)12(6-37)42-24/h1-2,7-14,17-18,23-24,36-37H,3-6H2,(H-2,27,28,29,38,39,47,48)/p+2. The van der Waals surface area contributed by atoms with E-state index in [0.717, 1.165) is 0 Å². The van der Waals surface area contributed by atoms with E-state index in [0.29, 0.717) is 11.3 Å². The molecule has 0 radical (unpaired) electrons. The fourth-order valence-corrected chi connectivity index (χ4v) is 6.89. The SMILES string of the molecule is O=[P+](S)OC1C(CO)OC(n2cnc3c(NCC=CCOc4ncnc5c4ncn5C4OC(CO)C(O[P+](=O)S)C4F)ncnc32)C1F. The molecule has 0 saturated carbocycles. The van der Waals surface area contributed by atoms with Gasteiger partial charge in [0, 0.05) is 6.54 Å². The minimum absolute atomic E-state index is 0.0711. The van der Waals surface area contributed by atoms with Crippen molar-refractivity contribution in [1.29, 1.82) is 0 Å². The average molecular weight is 750 g/mol. The van der Waals surface area contributed by atoms with E-state index in [4.69, 9.17) is 23.3 Å². The second kappa shape index (κ2) is 15.2. The number of aromatic nitrogens is 8. The molecule has 2 fully saturated rings. The van der Waals surface area contributed by atoms with Gasteiger partial charge < -0.3 is 29.7 Å². The zero-order chi connectivity index (χ0) is 33.9. The summed E-state index contributed by atoms with van der Waals surface area (Å²) in [5.74, 6) is 0.471. The number of nitrogens with one attached hydrogen (secondary N) is 1. The summed E-state index contributed by atoms with van der Waals surface area (Å²) in [5, 5.41) is 22.3. The van der Waals surface area contributed by atoms with Crippen molar-refractivity contribution in [1.82, 2.24) is 39.0 Å². The highest BCUT2D eigenvalue weighted by molar-refractivity contribution is 8.39. The summed E-state index contributed by atoms with van der Waals surface area (Å²) < 4.78 is 83.0. The monoisotopic (exact) mass is 749 g/mol. The highest BCUT2D eigenvalue weighted by Crippen LogP contribution is 2.42. The molecule has 10 atom stereocenters. The van der Waals surface area contributed by atoms with Crippen LogP contribution in [-0.4, -0.2) is 112 Å². The Bertz CT molecular complexity index is 1700. The maximum Gasteiger partial charge on any atom is 0.582 e. The number of anilines is 1. The number of halogens is 2. The van der Waals surface area contributed by atoms with Crippen molar-refractivity contribution >= 4 is 67.1 Å². The van der Waals surface area contributed by atoms with Gasteiger partial charge in [-0.1, -0.05) is 6.08 Å². The molecule has 4 aromatic heterocycles. The smallest absolute Gasteiger partial charge is 0.472 e. The fourth-order valence-electron chi connectivity index (χ4n) is 5.31. The number of hydrogen-bond donors (Lipinski definition) is 5. The molecule has 24 heteroatoms. The van der Waals surface area contributed by atoms with Gasteiger partial charge in [-0.15, -0.1) is 9.05 Å². The molecule has 4 aromatic rings. The molecule has 256 valence electrons. The molecule has 10 unspecified atom stereocenters. The molecule has 0 bridgehead atoms. The van der Waals surface area contributed by atoms with Crippen LogP contribution in [0.4, 0.5) is 14.6 Å². The fraction of sp³-hybridized carbons (Fsp3) is 0.500. The molecular formula is C24H27F2N9O9P2S2+2. The van der Waals surface area contributed by atoms with Crippen LogP contribution in [0, 0.1) is 0 Å². The highest BCUT2D eigenvalue weighted by Gasteiger charge is 2.52. The third-order valence-corrected chi connectivity index (χ3v) is 8.83. The van der Waals surface area contributed by atoms with Gasteiger partial charge in [0.2, 0.25) is 5.88 Å². The van der Waals surface area contributed by atoms with E-state index in [2.05, 4.69) is 59.7 Å². The van der Waals surface area contributed by atoms with Crippen LogP contribution in [0.5, 0.6) is 5.88 Å². The Morgan fingerprint density at radius 1 is 0.833 bits per heavy atom. The van der Waals surface area contributed by atoms with Gasteiger partial charge in [0.15, 0.2) is 65.2 Å². The third-order valence-electron chi connectivity index (χ3n) is 7.42. The van der Waals surface area contributed by atoms with Crippen molar-refractivity contribution in [2.45, 2.75) is 49.2 Å². The van der Waals surface area contributed by atoms with Crippen LogP contribution in [0.3, 0.4) is 0 Å². The minimum Gasteiger partial charge on any atom is -0.472 e. The Kier molecular flexibility index (Phi) is 11.1. The first kappa shape index (κ1) is 34.8. The Hall–Kier alpha value is -3.04. The molecule has 6 rings (SSSR count). The molecule has 2 aliphatic heterocycles. The normalized spacial score (nSPS) is 28.1. The Labute approximate surface area is 281 Å². The van der Waals surface area contributed by atoms with Crippen molar-refractivity contribution in [3.8, 4) is 5.88 Å². The lowest BCUT2D eigenvalue weighted by molar-refractivity contribution is -0.0427. The summed E-state index contributed by atoms with van der Waals surface area (Å²) in [6.45, 7) is -0.779. The minimum atomic E-state index is -2.44. The molecule has 6 heterocycles. The van der Waals surface area contributed by atoms with Crippen LogP contribution in [-0.2, 0) is 27.7 Å². The summed E-state index contributed by atoms with van der Waals surface area (Å²) >= 11 is 7.33. The topological polar surface area (TPSA) is 220 Å². The Balaban J connectivity index is 1.07. The third kappa shape index (κ3) is 7.00. The van der Waals surface area contributed by atoms with Gasteiger partial charge in [-0.3, -0.25) is 9.13 Å². The second-order valence-electron chi connectivity index (χ2n) is 10.2. The molecule has 2 aliphatic rings. The van der Waals surface area contributed by atoms with Crippen molar-refractivity contribution < 1.29 is 51.4 Å². The lowest BCUT2D eigenvalue weighted by atomic mass is 10.1. The number of hydrogen-bond acceptors (Lipinski definition) is 16. The van der Waals surface area contributed by atoms with Crippen LogP contribution in [0.25, 0.3) is 22.3 Å². The van der Waals surface area contributed by atoms with Crippen LogP contribution >= 0.6 is 39.0 Å². The van der Waals surface area contributed by atoms with Crippen LogP contribution in [0.1, 0.15) is 12.5 Å².